The van der Waals surface area contributed by atoms with E-state index in [1.54, 1.807) is 6.92 Å². The van der Waals surface area contributed by atoms with Gasteiger partial charge in [0.25, 0.3) is 0 Å². The van der Waals surface area contributed by atoms with Crippen molar-refractivity contribution in [3.05, 3.63) is 22.9 Å². The van der Waals surface area contributed by atoms with Gasteiger partial charge in [0.1, 0.15) is 0 Å². The Morgan fingerprint density at radius 2 is 2.05 bits per heavy atom. The fourth-order valence-electron chi connectivity index (χ4n) is 1.56. The first-order valence-corrected chi connectivity index (χ1v) is 5.87. The molecular weight excluding hydrogens is 277 g/mol. The number of rotatable bonds is 5. The number of carbonyl (C=O) groups is 1. The second-order valence-electron chi connectivity index (χ2n) is 3.93. The molecule has 0 bridgehead atoms. The number of ether oxygens (including phenoxy) is 2. The molecule has 0 saturated heterocycles. The Morgan fingerprint density at radius 3 is 2.55 bits per heavy atom. The largest absolute Gasteiger partial charge is 0.574 e. The first-order valence-electron chi connectivity index (χ1n) is 5.87. The highest BCUT2D eigenvalue weighted by Gasteiger charge is 2.33. The standard InChI is InChI=1S/C12H15F3N2O3/c1-3-19-10(18)5-8-4-9(6-16)11(17-7(8)2)20-12(13,14)15/h4H,3,5-6,16H2,1-2H3. The molecule has 2 N–H and O–H groups in total. The van der Waals surface area contributed by atoms with E-state index in [0.717, 1.165) is 0 Å². The summed E-state index contributed by atoms with van der Waals surface area (Å²) in [6.07, 6.45) is -4.92. The maximum Gasteiger partial charge on any atom is 0.574 e. The number of alkyl halides is 3. The number of hydrogen-bond acceptors (Lipinski definition) is 5. The lowest BCUT2D eigenvalue weighted by Gasteiger charge is -2.14. The zero-order valence-electron chi connectivity index (χ0n) is 11.1. The fourth-order valence-corrected chi connectivity index (χ4v) is 1.56. The molecule has 0 radical (unpaired) electrons. The van der Waals surface area contributed by atoms with E-state index in [1.165, 1.54) is 13.0 Å². The van der Waals surface area contributed by atoms with Crippen molar-refractivity contribution >= 4 is 5.97 Å². The Bertz CT molecular complexity index is 490. The van der Waals surface area contributed by atoms with Crippen LogP contribution < -0.4 is 10.5 Å². The van der Waals surface area contributed by atoms with Crippen LogP contribution in [0.1, 0.15) is 23.7 Å². The van der Waals surface area contributed by atoms with Crippen LogP contribution in [0, 0.1) is 6.92 Å². The Kier molecular flexibility index (Phi) is 5.32. The predicted molar refractivity (Wildman–Crippen MR) is 63.9 cm³/mol. The number of carbonyl (C=O) groups excluding carboxylic acids is 1. The molecule has 0 aliphatic rings. The van der Waals surface area contributed by atoms with E-state index in [2.05, 4.69) is 9.72 Å². The zero-order chi connectivity index (χ0) is 15.3. The normalized spacial score (nSPS) is 11.3. The van der Waals surface area contributed by atoms with Gasteiger partial charge < -0.3 is 15.2 Å². The summed E-state index contributed by atoms with van der Waals surface area (Å²) < 4.78 is 45.3. The van der Waals surface area contributed by atoms with E-state index < -0.39 is 18.2 Å². The summed E-state index contributed by atoms with van der Waals surface area (Å²) in [7, 11) is 0. The van der Waals surface area contributed by atoms with Gasteiger partial charge in [0.05, 0.1) is 13.0 Å². The van der Waals surface area contributed by atoms with Gasteiger partial charge in [-0.25, -0.2) is 4.98 Å². The molecule has 0 amide bonds. The molecule has 20 heavy (non-hydrogen) atoms. The summed E-state index contributed by atoms with van der Waals surface area (Å²) in [6.45, 7) is 3.19. The van der Waals surface area contributed by atoms with Crippen molar-refractivity contribution in [1.29, 1.82) is 0 Å². The van der Waals surface area contributed by atoms with Crippen LogP contribution in [-0.2, 0) is 22.5 Å². The highest BCUT2D eigenvalue weighted by atomic mass is 19.4. The van der Waals surface area contributed by atoms with Crippen LogP contribution >= 0.6 is 0 Å². The third kappa shape index (κ3) is 4.69. The Labute approximate surface area is 113 Å². The second kappa shape index (κ2) is 6.56. The van der Waals surface area contributed by atoms with Crippen LogP contribution in [0.15, 0.2) is 6.07 Å². The third-order valence-corrected chi connectivity index (χ3v) is 2.43. The summed E-state index contributed by atoms with van der Waals surface area (Å²) in [5.74, 6) is -1.07. The van der Waals surface area contributed by atoms with Crippen molar-refractivity contribution in [2.75, 3.05) is 6.61 Å². The van der Waals surface area contributed by atoms with E-state index in [1.807, 2.05) is 0 Å². The minimum absolute atomic E-state index is 0.0761. The minimum Gasteiger partial charge on any atom is -0.466 e. The summed E-state index contributed by atoms with van der Waals surface area (Å²) >= 11 is 0. The molecule has 1 rings (SSSR count). The lowest BCUT2D eigenvalue weighted by Crippen LogP contribution is -2.20. The van der Waals surface area contributed by atoms with Gasteiger partial charge in [0.2, 0.25) is 5.88 Å². The fraction of sp³-hybridized carbons (Fsp3) is 0.500. The van der Waals surface area contributed by atoms with E-state index >= 15 is 0 Å². The van der Waals surface area contributed by atoms with E-state index in [9.17, 15) is 18.0 Å². The molecule has 0 unspecified atom stereocenters. The van der Waals surface area contributed by atoms with Crippen molar-refractivity contribution in [2.24, 2.45) is 5.73 Å². The average molecular weight is 292 g/mol. The predicted octanol–water partition coefficient (Wildman–Crippen LogP) is 1.85. The minimum atomic E-state index is -4.84. The summed E-state index contributed by atoms with van der Waals surface area (Å²) in [6, 6.07) is 1.38. The highest BCUT2D eigenvalue weighted by molar-refractivity contribution is 5.73. The van der Waals surface area contributed by atoms with Crippen LogP contribution in [0.5, 0.6) is 5.88 Å². The van der Waals surface area contributed by atoms with Crippen LogP contribution in [0.3, 0.4) is 0 Å². The van der Waals surface area contributed by atoms with E-state index in [0.29, 0.717) is 5.56 Å². The quantitative estimate of drug-likeness (QED) is 0.838. The molecule has 1 heterocycles. The maximum atomic E-state index is 12.2. The van der Waals surface area contributed by atoms with Gasteiger partial charge in [0.15, 0.2) is 0 Å². The summed E-state index contributed by atoms with van der Waals surface area (Å²) in [5, 5.41) is 0. The molecular formula is C12H15F3N2O3. The van der Waals surface area contributed by atoms with Gasteiger partial charge in [-0.05, 0) is 25.5 Å². The molecule has 1 aromatic heterocycles. The van der Waals surface area contributed by atoms with Gasteiger partial charge in [-0.15, -0.1) is 13.2 Å². The summed E-state index contributed by atoms with van der Waals surface area (Å²) in [4.78, 5) is 15.1. The number of nitrogens with two attached hydrogens (primary N) is 1. The van der Waals surface area contributed by atoms with Crippen LogP contribution in [0.4, 0.5) is 13.2 Å². The zero-order valence-corrected chi connectivity index (χ0v) is 11.1. The van der Waals surface area contributed by atoms with Crippen molar-refractivity contribution in [3.8, 4) is 5.88 Å². The SMILES string of the molecule is CCOC(=O)Cc1cc(CN)c(OC(F)(F)F)nc1C. The molecule has 0 fully saturated rings. The Hall–Kier alpha value is -1.83. The van der Waals surface area contributed by atoms with Crippen LogP contribution in [0.25, 0.3) is 0 Å². The molecule has 1 aromatic rings. The number of nitrogens with zero attached hydrogens (tertiary/aromatic N) is 1. The molecule has 0 aromatic carbocycles. The number of aromatic nitrogens is 1. The number of pyridine rings is 1. The maximum absolute atomic E-state index is 12.2. The monoisotopic (exact) mass is 292 g/mol. The Morgan fingerprint density at radius 1 is 1.40 bits per heavy atom. The lowest BCUT2D eigenvalue weighted by atomic mass is 10.1. The lowest BCUT2D eigenvalue weighted by molar-refractivity contribution is -0.276. The van der Waals surface area contributed by atoms with E-state index in [4.69, 9.17) is 10.5 Å². The molecule has 5 nitrogen and oxygen atoms in total. The number of halogens is 3. The molecule has 8 heteroatoms. The topological polar surface area (TPSA) is 74.4 Å². The summed E-state index contributed by atoms with van der Waals surface area (Å²) in [5.41, 5.74) is 6.17. The van der Waals surface area contributed by atoms with Crippen molar-refractivity contribution in [2.45, 2.75) is 33.2 Å². The smallest absolute Gasteiger partial charge is 0.466 e. The molecule has 0 aliphatic heterocycles. The second-order valence-corrected chi connectivity index (χ2v) is 3.93. The molecule has 0 atom stereocenters. The molecule has 0 saturated carbocycles. The number of aryl methyl sites for hydroxylation is 1. The molecule has 0 aliphatic carbocycles. The van der Waals surface area contributed by atoms with Gasteiger partial charge >= 0.3 is 12.3 Å². The third-order valence-electron chi connectivity index (χ3n) is 2.43. The number of esters is 1. The number of hydrogen-bond donors (Lipinski definition) is 1. The first-order chi connectivity index (χ1) is 9.26. The van der Waals surface area contributed by atoms with Crippen LogP contribution in [0.2, 0.25) is 0 Å². The van der Waals surface area contributed by atoms with Gasteiger partial charge in [-0.2, -0.15) is 0 Å². The first kappa shape index (κ1) is 16.2. The molecule has 112 valence electrons. The van der Waals surface area contributed by atoms with Crippen molar-refractivity contribution in [3.63, 3.8) is 0 Å². The van der Waals surface area contributed by atoms with Gasteiger partial charge in [-0.1, -0.05) is 0 Å². The van der Waals surface area contributed by atoms with Gasteiger partial charge in [-0.3, -0.25) is 4.79 Å². The van der Waals surface area contributed by atoms with Crippen LogP contribution in [-0.4, -0.2) is 23.9 Å². The Balaban J connectivity index is 3.03. The highest BCUT2D eigenvalue weighted by Crippen LogP contribution is 2.26. The van der Waals surface area contributed by atoms with Crippen molar-refractivity contribution in [1.82, 2.24) is 4.98 Å². The van der Waals surface area contributed by atoms with E-state index in [-0.39, 0.29) is 30.8 Å². The van der Waals surface area contributed by atoms with Crippen molar-refractivity contribution < 1.29 is 27.4 Å². The average Bonchev–Trinajstić information content (AvgIpc) is 2.31. The molecule has 0 spiro atoms. The van der Waals surface area contributed by atoms with Gasteiger partial charge in [0, 0.05) is 17.8 Å².